The van der Waals surface area contributed by atoms with E-state index in [-0.39, 0.29) is 0 Å². The van der Waals surface area contributed by atoms with E-state index in [1.807, 2.05) is 0 Å². The molecule has 0 aliphatic heterocycles. The molecule has 1 rings (SSSR count). The molecule has 0 bridgehead atoms. The van der Waals surface area contributed by atoms with Crippen molar-refractivity contribution in [3.63, 3.8) is 0 Å². The molecule has 1 aromatic carbocycles. The van der Waals surface area contributed by atoms with Crippen LogP contribution in [0.3, 0.4) is 0 Å². The van der Waals surface area contributed by atoms with Gasteiger partial charge in [0.2, 0.25) is 0 Å². The van der Waals surface area contributed by atoms with E-state index in [1.165, 1.54) is 18.4 Å². The Morgan fingerprint density at radius 1 is 1.27 bits per heavy atom. The summed E-state index contributed by atoms with van der Waals surface area (Å²) in [5.74, 6) is 0. The molecule has 0 radical (unpaired) electrons. The minimum atomic E-state index is 0.489. The third kappa shape index (κ3) is 4.45. The highest BCUT2D eigenvalue weighted by atomic mass is 14.9. The number of hydrogen-bond acceptors (Lipinski definition) is 2. The molecule has 1 aromatic rings. The van der Waals surface area contributed by atoms with Crippen LogP contribution < -0.4 is 11.1 Å². The predicted octanol–water partition coefficient (Wildman–Crippen LogP) is 2.47. The third-order valence-electron chi connectivity index (χ3n) is 2.55. The summed E-state index contributed by atoms with van der Waals surface area (Å²) < 4.78 is 0. The average Bonchev–Trinajstić information content (AvgIpc) is 2.29. The molecule has 3 N–H and O–H groups in total. The molecular weight excluding hydrogens is 184 g/mol. The van der Waals surface area contributed by atoms with E-state index < -0.39 is 0 Å². The quantitative estimate of drug-likeness (QED) is 0.673. The Morgan fingerprint density at radius 3 is 2.60 bits per heavy atom. The van der Waals surface area contributed by atoms with Gasteiger partial charge in [0.25, 0.3) is 0 Å². The van der Waals surface area contributed by atoms with Gasteiger partial charge in [0.1, 0.15) is 0 Å². The number of nitrogens with one attached hydrogen (secondary N) is 1. The molecule has 0 aliphatic carbocycles. The molecule has 2 nitrogen and oxygen atoms in total. The van der Waals surface area contributed by atoms with Crippen molar-refractivity contribution in [3.8, 4) is 0 Å². The molecule has 0 aliphatic rings. The van der Waals surface area contributed by atoms with E-state index in [0.29, 0.717) is 6.04 Å². The van der Waals surface area contributed by atoms with Crippen molar-refractivity contribution in [2.75, 3.05) is 13.1 Å². The second kappa shape index (κ2) is 7.43. The minimum Gasteiger partial charge on any atom is -0.330 e. The zero-order valence-corrected chi connectivity index (χ0v) is 9.58. The van der Waals surface area contributed by atoms with Gasteiger partial charge in [0.15, 0.2) is 0 Å². The molecule has 0 amide bonds. The van der Waals surface area contributed by atoms with Crippen molar-refractivity contribution in [2.45, 2.75) is 32.2 Å². The number of hydrogen-bond donors (Lipinski definition) is 2. The van der Waals surface area contributed by atoms with Gasteiger partial charge < -0.3 is 11.1 Å². The lowest BCUT2D eigenvalue weighted by Gasteiger charge is -2.18. The molecule has 0 saturated heterocycles. The summed E-state index contributed by atoms with van der Waals surface area (Å²) in [4.78, 5) is 0. The molecule has 2 heteroatoms. The Bertz CT molecular complexity index is 246. The molecule has 84 valence electrons. The van der Waals surface area contributed by atoms with Crippen LogP contribution in [0.4, 0.5) is 0 Å². The Morgan fingerprint density at radius 2 is 2.00 bits per heavy atom. The summed E-state index contributed by atoms with van der Waals surface area (Å²) in [7, 11) is 0. The second-order valence-corrected chi connectivity index (χ2v) is 3.85. The van der Waals surface area contributed by atoms with E-state index >= 15 is 0 Å². The molecule has 0 spiro atoms. The van der Waals surface area contributed by atoms with Crippen LogP contribution in [0.2, 0.25) is 0 Å². The lowest BCUT2D eigenvalue weighted by molar-refractivity contribution is 0.489. The van der Waals surface area contributed by atoms with E-state index in [0.717, 1.165) is 19.5 Å². The lowest BCUT2D eigenvalue weighted by atomic mass is 10.0. The topological polar surface area (TPSA) is 38.0 Å². The first-order chi connectivity index (χ1) is 7.38. The molecule has 0 aromatic heterocycles. The summed E-state index contributed by atoms with van der Waals surface area (Å²) in [5.41, 5.74) is 6.87. The molecule has 15 heavy (non-hydrogen) atoms. The van der Waals surface area contributed by atoms with Crippen LogP contribution in [0.1, 0.15) is 37.8 Å². The van der Waals surface area contributed by atoms with Gasteiger partial charge in [0, 0.05) is 6.04 Å². The maximum atomic E-state index is 5.49. The first-order valence-electron chi connectivity index (χ1n) is 5.87. The summed E-state index contributed by atoms with van der Waals surface area (Å²) in [5, 5.41) is 3.56. The fraction of sp³-hybridized carbons (Fsp3) is 0.538. The zero-order chi connectivity index (χ0) is 10.9. The van der Waals surface area contributed by atoms with Crippen LogP contribution >= 0.6 is 0 Å². The standard InChI is InChI=1S/C13H22N2/c1-2-7-13(15-11-6-10-14)12-8-4-3-5-9-12/h3-5,8-9,13,15H,2,6-7,10-11,14H2,1H3. The molecular formula is C13H22N2. The van der Waals surface area contributed by atoms with Gasteiger partial charge in [-0.3, -0.25) is 0 Å². The van der Waals surface area contributed by atoms with Gasteiger partial charge in [-0.1, -0.05) is 43.7 Å². The van der Waals surface area contributed by atoms with Crippen LogP contribution in [-0.4, -0.2) is 13.1 Å². The summed E-state index contributed by atoms with van der Waals surface area (Å²) >= 11 is 0. The maximum absolute atomic E-state index is 5.49. The summed E-state index contributed by atoms with van der Waals surface area (Å²) in [6.45, 7) is 4.00. The number of benzene rings is 1. The fourth-order valence-electron chi connectivity index (χ4n) is 1.74. The van der Waals surface area contributed by atoms with Gasteiger partial charge >= 0.3 is 0 Å². The van der Waals surface area contributed by atoms with E-state index in [9.17, 15) is 0 Å². The number of rotatable bonds is 7. The smallest absolute Gasteiger partial charge is 0.0320 e. The largest absolute Gasteiger partial charge is 0.330 e. The first-order valence-corrected chi connectivity index (χ1v) is 5.87. The fourth-order valence-corrected chi connectivity index (χ4v) is 1.74. The minimum absolute atomic E-state index is 0.489. The summed E-state index contributed by atoms with van der Waals surface area (Å²) in [6, 6.07) is 11.1. The van der Waals surface area contributed by atoms with Gasteiger partial charge in [-0.25, -0.2) is 0 Å². The predicted molar refractivity (Wildman–Crippen MR) is 65.8 cm³/mol. The van der Waals surface area contributed by atoms with Crippen LogP contribution in [0.15, 0.2) is 30.3 Å². The third-order valence-corrected chi connectivity index (χ3v) is 2.55. The Hall–Kier alpha value is -0.860. The second-order valence-electron chi connectivity index (χ2n) is 3.85. The highest BCUT2D eigenvalue weighted by molar-refractivity contribution is 5.18. The van der Waals surface area contributed by atoms with Crippen molar-refractivity contribution in [3.05, 3.63) is 35.9 Å². The Balaban J connectivity index is 2.50. The van der Waals surface area contributed by atoms with Gasteiger partial charge in [-0.2, -0.15) is 0 Å². The Labute approximate surface area is 92.9 Å². The molecule has 0 saturated carbocycles. The van der Waals surface area contributed by atoms with Gasteiger partial charge in [-0.15, -0.1) is 0 Å². The molecule has 1 unspecified atom stereocenters. The molecule has 0 fully saturated rings. The van der Waals surface area contributed by atoms with Crippen LogP contribution in [0, 0.1) is 0 Å². The first kappa shape index (κ1) is 12.2. The van der Waals surface area contributed by atoms with E-state index in [2.05, 4.69) is 42.6 Å². The SMILES string of the molecule is CCCC(NCCCN)c1ccccc1. The lowest BCUT2D eigenvalue weighted by Crippen LogP contribution is -2.24. The van der Waals surface area contributed by atoms with E-state index in [4.69, 9.17) is 5.73 Å². The number of nitrogens with two attached hydrogens (primary N) is 1. The van der Waals surface area contributed by atoms with E-state index in [1.54, 1.807) is 0 Å². The monoisotopic (exact) mass is 206 g/mol. The highest BCUT2D eigenvalue weighted by Gasteiger charge is 2.07. The van der Waals surface area contributed by atoms with Crippen LogP contribution in [0.5, 0.6) is 0 Å². The molecule has 0 heterocycles. The summed E-state index contributed by atoms with van der Waals surface area (Å²) in [6.07, 6.45) is 3.44. The van der Waals surface area contributed by atoms with Crippen LogP contribution in [-0.2, 0) is 0 Å². The average molecular weight is 206 g/mol. The maximum Gasteiger partial charge on any atom is 0.0320 e. The van der Waals surface area contributed by atoms with Crippen molar-refractivity contribution >= 4 is 0 Å². The highest BCUT2D eigenvalue weighted by Crippen LogP contribution is 2.17. The van der Waals surface area contributed by atoms with Crippen LogP contribution in [0.25, 0.3) is 0 Å². The normalized spacial score (nSPS) is 12.7. The molecule has 1 atom stereocenters. The Kier molecular flexibility index (Phi) is 6.05. The van der Waals surface area contributed by atoms with Crippen molar-refractivity contribution in [1.29, 1.82) is 0 Å². The van der Waals surface area contributed by atoms with Crippen molar-refractivity contribution in [2.24, 2.45) is 5.73 Å². The van der Waals surface area contributed by atoms with Gasteiger partial charge in [-0.05, 0) is 31.5 Å². The zero-order valence-electron chi connectivity index (χ0n) is 9.58. The van der Waals surface area contributed by atoms with Crippen molar-refractivity contribution in [1.82, 2.24) is 5.32 Å². The van der Waals surface area contributed by atoms with Gasteiger partial charge in [0.05, 0.1) is 0 Å². The van der Waals surface area contributed by atoms with Crippen molar-refractivity contribution < 1.29 is 0 Å².